The molecule has 0 atom stereocenters. The molecule has 128 valence electrons. The van der Waals surface area contributed by atoms with Gasteiger partial charge in [0.05, 0.1) is 0 Å². The summed E-state index contributed by atoms with van der Waals surface area (Å²) < 4.78 is 30.9. The highest BCUT2D eigenvalue weighted by atomic mass is 32.2. The molecule has 1 aromatic heterocycles. The standard InChI is InChI=1S/C14H20N2O6S/c1-9(2)15-13(17)10-5-7-16(8-6-10)23(20,21)12-4-3-11(22-12)14(18)19/h3-4,9-10H,5-8H2,1-2H3,(H,15,17)(H,18,19). The number of furan rings is 1. The zero-order chi connectivity index (χ0) is 17.2. The van der Waals surface area contributed by atoms with Crippen LogP contribution in [-0.2, 0) is 14.8 Å². The van der Waals surface area contributed by atoms with Gasteiger partial charge in [-0.1, -0.05) is 0 Å². The van der Waals surface area contributed by atoms with Crippen LogP contribution in [0.2, 0.25) is 0 Å². The first kappa shape index (κ1) is 17.5. The minimum atomic E-state index is -3.88. The van der Waals surface area contributed by atoms with Crippen LogP contribution in [0.15, 0.2) is 21.6 Å². The first-order chi connectivity index (χ1) is 10.7. The summed E-state index contributed by atoms with van der Waals surface area (Å²) >= 11 is 0. The molecule has 9 heteroatoms. The van der Waals surface area contributed by atoms with Gasteiger partial charge in [-0.2, -0.15) is 4.31 Å². The minimum absolute atomic E-state index is 0.0434. The van der Waals surface area contributed by atoms with Gasteiger partial charge in [0.2, 0.25) is 16.8 Å². The molecule has 0 aliphatic carbocycles. The van der Waals surface area contributed by atoms with Crippen LogP contribution in [-0.4, -0.2) is 48.8 Å². The van der Waals surface area contributed by atoms with Crippen molar-refractivity contribution in [1.82, 2.24) is 9.62 Å². The number of sulfonamides is 1. The zero-order valence-electron chi connectivity index (χ0n) is 13.0. The van der Waals surface area contributed by atoms with Gasteiger partial charge in [0.15, 0.2) is 0 Å². The molecule has 1 aliphatic heterocycles. The monoisotopic (exact) mass is 344 g/mol. The van der Waals surface area contributed by atoms with Gasteiger partial charge in [-0.15, -0.1) is 0 Å². The Kier molecular flexibility index (Phi) is 5.10. The Bertz CT molecular complexity index is 686. The Labute approximate surface area is 134 Å². The minimum Gasteiger partial charge on any atom is -0.475 e. The van der Waals surface area contributed by atoms with Crippen LogP contribution in [0.25, 0.3) is 0 Å². The van der Waals surface area contributed by atoms with Crippen LogP contribution in [0.4, 0.5) is 0 Å². The lowest BCUT2D eigenvalue weighted by Gasteiger charge is -2.30. The van der Waals surface area contributed by atoms with Gasteiger partial charge in [0, 0.05) is 25.0 Å². The van der Waals surface area contributed by atoms with Crippen LogP contribution in [0.1, 0.15) is 37.2 Å². The number of carbonyl (C=O) groups excluding carboxylic acids is 1. The average Bonchev–Trinajstić information content (AvgIpc) is 2.97. The number of hydrogen-bond acceptors (Lipinski definition) is 5. The number of carbonyl (C=O) groups is 2. The average molecular weight is 344 g/mol. The molecular weight excluding hydrogens is 324 g/mol. The van der Waals surface area contributed by atoms with E-state index in [9.17, 15) is 18.0 Å². The third kappa shape index (κ3) is 3.91. The summed E-state index contributed by atoms with van der Waals surface area (Å²) in [5.74, 6) is -2.02. The van der Waals surface area contributed by atoms with E-state index in [0.717, 1.165) is 12.1 Å². The Morgan fingerprint density at radius 2 is 1.91 bits per heavy atom. The van der Waals surface area contributed by atoms with Gasteiger partial charge in [-0.25, -0.2) is 13.2 Å². The molecule has 1 saturated heterocycles. The molecule has 0 aromatic carbocycles. The number of amides is 1. The molecule has 1 amide bonds. The highest BCUT2D eigenvalue weighted by Gasteiger charge is 2.34. The molecule has 1 fully saturated rings. The van der Waals surface area contributed by atoms with Crippen molar-refractivity contribution in [2.45, 2.75) is 37.8 Å². The maximum absolute atomic E-state index is 12.4. The van der Waals surface area contributed by atoms with Crippen molar-refractivity contribution in [3.63, 3.8) is 0 Å². The third-order valence-electron chi connectivity index (χ3n) is 3.64. The van der Waals surface area contributed by atoms with Crippen LogP contribution in [0, 0.1) is 5.92 Å². The first-order valence-electron chi connectivity index (χ1n) is 7.35. The number of nitrogens with zero attached hydrogens (tertiary/aromatic N) is 1. The van der Waals surface area contributed by atoms with Crippen molar-refractivity contribution in [3.05, 3.63) is 17.9 Å². The lowest BCUT2D eigenvalue weighted by atomic mass is 9.97. The quantitative estimate of drug-likeness (QED) is 0.820. The van der Waals surface area contributed by atoms with Crippen LogP contribution in [0.5, 0.6) is 0 Å². The number of hydrogen-bond donors (Lipinski definition) is 2. The number of piperidine rings is 1. The summed E-state index contributed by atoms with van der Waals surface area (Å²) in [6, 6.07) is 2.29. The van der Waals surface area contributed by atoms with E-state index in [4.69, 9.17) is 9.52 Å². The maximum Gasteiger partial charge on any atom is 0.371 e. The predicted molar refractivity (Wildman–Crippen MR) is 80.4 cm³/mol. The van der Waals surface area contributed by atoms with Crippen molar-refractivity contribution in [1.29, 1.82) is 0 Å². The summed E-state index contributed by atoms with van der Waals surface area (Å²) in [6.07, 6.45) is 0.842. The second-order valence-corrected chi connectivity index (χ2v) is 7.63. The molecule has 1 aromatic rings. The van der Waals surface area contributed by atoms with E-state index in [2.05, 4.69) is 5.32 Å². The summed E-state index contributed by atoms with van der Waals surface area (Å²) in [5, 5.41) is 11.2. The molecular formula is C14H20N2O6S. The Hall–Kier alpha value is -1.87. The SMILES string of the molecule is CC(C)NC(=O)C1CCN(S(=O)(=O)c2ccc(C(=O)O)o2)CC1. The maximum atomic E-state index is 12.4. The van der Waals surface area contributed by atoms with Gasteiger partial charge in [-0.05, 0) is 38.8 Å². The van der Waals surface area contributed by atoms with Crippen molar-refractivity contribution < 1.29 is 27.5 Å². The first-order valence-corrected chi connectivity index (χ1v) is 8.79. The number of aromatic carboxylic acids is 1. The summed E-state index contributed by atoms with van der Waals surface area (Å²) in [5.41, 5.74) is 0. The van der Waals surface area contributed by atoms with E-state index >= 15 is 0 Å². The molecule has 0 radical (unpaired) electrons. The van der Waals surface area contributed by atoms with E-state index in [-0.39, 0.29) is 36.0 Å². The van der Waals surface area contributed by atoms with Gasteiger partial charge in [-0.3, -0.25) is 4.79 Å². The van der Waals surface area contributed by atoms with Crippen LogP contribution < -0.4 is 5.32 Å². The second-order valence-electron chi connectivity index (χ2n) is 5.77. The van der Waals surface area contributed by atoms with E-state index in [0.29, 0.717) is 12.8 Å². The predicted octanol–water partition coefficient (Wildman–Crippen LogP) is 0.903. The topological polar surface area (TPSA) is 117 Å². The molecule has 2 rings (SSSR count). The fraction of sp³-hybridized carbons (Fsp3) is 0.571. The lowest BCUT2D eigenvalue weighted by molar-refractivity contribution is -0.126. The molecule has 0 saturated carbocycles. The van der Waals surface area contributed by atoms with Gasteiger partial charge in [0.25, 0.3) is 10.0 Å². The van der Waals surface area contributed by atoms with Crippen LogP contribution >= 0.6 is 0 Å². The highest BCUT2D eigenvalue weighted by molar-refractivity contribution is 7.89. The van der Waals surface area contributed by atoms with E-state index in [1.165, 1.54) is 4.31 Å². The fourth-order valence-electron chi connectivity index (χ4n) is 2.46. The highest BCUT2D eigenvalue weighted by Crippen LogP contribution is 2.25. The molecule has 0 spiro atoms. The van der Waals surface area contributed by atoms with E-state index < -0.39 is 21.8 Å². The molecule has 0 unspecified atom stereocenters. The van der Waals surface area contributed by atoms with Crippen molar-refractivity contribution in [2.75, 3.05) is 13.1 Å². The molecule has 23 heavy (non-hydrogen) atoms. The normalized spacial score (nSPS) is 17.3. The smallest absolute Gasteiger partial charge is 0.371 e. The van der Waals surface area contributed by atoms with Gasteiger partial charge >= 0.3 is 5.97 Å². The molecule has 2 N–H and O–H groups in total. The third-order valence-corrected chi connectivity index (χ3v) is 5.41. The van der Waals surface area contributed by atoms with Crippen molar-refractivity contribution >= 4 is 21.9 Å². The van der Waals surface area contributed by atoms with Gasteiger partial charge < -0.3 is 14.8 Å². The zero-order valence-corrected chi connectivity index (χ0v) is 13.8. The lowest BCUT2D eigenvalue weighted by Crippen LogP contribution is -2.44. The number of carboxylic acid groups (broad SMARTS) is 1. The molecule has 8 nitrogen and oxygen atoms in total. The van der Waals surface area contributed by atoms with E-state index in [1.54, 1.807) is 0 Å². The fourth-order valence-corrected chi connectivity index (χ4v) is 3.84. The summed E-state index contributed by atoms with van der Waals surface area (Å²) in [7, 11) is -3.88. The van der Waals surface area contributed by atoms with Crippen molar-refractivity contribution in [3.8, 4) is 0 Å². The number of rotatable bonds is 5. The Morgan fingerprint density at radius 3 is 2.39 bits per heavy atom. The van der Waals surface area contributed by atoms with Crippen LogP contribution in [0.3, 0.4) is 0 Å². The summed E-state index contributed by atoms with van der Waals surface area (Å²) in [6.45, 7) is 4.13. The van der Waals surface area contributed by atoms with Gasteiger partial charge in [0.1, 0.15) is 0 Å². The number of carboxylic acids is 1. The molecule has 2 heterocycles. The Balaban J connectivity index is 2.03. The number of nitrogens with one attached hydrogen (secondary N) is 1. The molecule has 0 bridgehead atoms. The van der Waals surface area contributed by atoms with E-state index in [1.807, 2.05) is 13.8 Å². The summed E-state index contributed by atoms with van der Waals surface area (Å²) in [4.78, 5) is 22.7. The largest absolute Gasteiger partial charge is 0.475 e. The Morgan fingerprint density at radius 1 is 1.30 bits per heavy atom. The van der Waals surface area contributed by atoms with Crippen molar-refractivity contribution in [2.24, 2.45) is 5.92 Å². The molecule has 1 aliphatic rings. The second kappa shape index (κ2) is 6.71.